The molecule has 0 heterocycles. The molecule has 0 aliphatic carbocycles. The molecular weight excluding hydrogens is 507 g/mol. The van der Waals surface area contributed by atoms with Gasteiger partial charge >= 0.3 is 0 Å². The van der Waals surface area contributed by atoms with E-state index in [1.807, 2.05) is 30.4 Å². The molecule has 1 aromatic carbocycles. The third kappa shape index (κ3) is 8.78. The molecule has 0 unspecified atom stereocenters. The van der Waals surface area contributed by atoms with Crippen molar-refractivity contribution in [3.8, 4) is 5.75 Å². The molecule has 1 rings (SSSR count). The third-order valence-corrected chi connectivity index (χ3v) is 5.51. The summed E-state index contributed by atoms with van der Waals surface area (Å²) in [6.45, 7) is 8.29. The first-order valence-corrected chi connectivity index (χ1v) is 10.9. The Morgan fingerprint density at radius 2 is 2.00 bits per heavy atom. The lowest BCUT2D eigenvalue weighted by molar-refractivity contribution is 0.0149. The van der Waals surface area contributed by atoms with Crippen molar-refractivity contribution in [1.82, 2.24) is 0 Å². The number of ether oxygens (including phenoxy) is 2. The van der Waals surface area contributed by atoms with Crippen LogP contribution < -0.4 is 4.74 Å². The number of hydrogen-bond acceptors (Lipinski definition) is 5. The van der Waals surface area contributed by atoms with E-state index in [0.717, 1.165) is 14.7 Å². The van der Waals surface area contributed by atoms with Crippen LogP contribution >= 0.6 is 34.2 Å². The van der Waals surface area contributed by atoms with Crippen molar-refractivity contribution in [2.75, 3.05) is 32.3 Å². The zero-order chi connectivity index (χ0) is 21.9. The number of allylic oxidation sites excluding steroid dienone is 4. The van der Waals surface area contributed by atoms with Crippen LogP contribution in [0.3, 0.4) is 0 Å². The maximum atomic E-state index is 9.57. The molecule has 0 aliphatic heterocycles. The second-order valence-corrected chi connectivity index (χ2v) is 8.49. The summed E-state index contributed by atoms with van der Waals surface area (Å²) in [7, 11) is 0. The van der Waals surface area contributed by atoms with Crippen molar-refractivity contribution >= 4 is 34.2 Å². The molecule has 0 fully saturated rings. The average molecular weight is 537 g/mol. The monoisotopic (exact) mass is 536 g/mol. The van der Waals surface area contributed by atoms with Gasteiger partial charge in [0.1, 0.15) is 24.6 Å². The van der Waals surface area contributed by atoms with E-state index in [2.05, 4.69) is 49.1 Å². The number of halogens is 2. The van der Waals surface area contributed by atoms with Gasteiger partial charge in [0.25, 0.3) is 0 Å². The summed E-state index contributed by atoms with van der Waals surface area (Å²) in [5.41, 5.74) is 1.84. The number of aliphatic hydroxyl groups excluding tert-OH is 3. The van der Waals surface area contributed by atoms with Crippen LogP contribution in [-0.2, 0) is 10.2 Å². The smallest absolute Gasteiger partial charge is 0.132 e. The molecule has 162 valence electrons. The Bertz CT molecular complexity index is 702. The van der Waals surface area contributed by atoms with Crippen molar-refractivity contribution in [2.45, 2.75) is 31.5 Å². The molecule has 2 atom stereocenters. The highest BCUT2D eigenvalue weighted by atomic mass is 127. The van der Waals surface area contributed by atoms with Gasteiger partial charge in [-0.15, -0.1) is 11.6 Å². The molecular formula is C22H30ClIO5. The number of alkyl halides is 1. The van der Waals surface area contributed by atoms with E-state index in [4.69, 9.17) is 26.2 Å². The molecule has 5 nitrogen and oxygen atoms in total. The predicted octanol–water partition coefficient (Wildman–Crippen LogP) is 3.59. The molecule has 0 aromatic heterocycles. The van der Waals surface area contributed by atoms with Gasteiger partial charge in [-0.3, -0.25) is 0 Å². The minimum Gasteiger partial charge on any atom is -0.490 e. The summed E-state index contributed by atoms with van der Waals surface area (Å²) in [6.07, 6.45) is 5.98. The quantitative estimate of drug-likeness (QED) is 0.155. The molecule has 1 aromatic rings. The number of aliphatic hydroxyl groups is 3. The standard InChI is InChI=1S/C22H30ClIO5/c1-4-6-16(7-5-10-28-14-19(27)13-25)22(2,3)17-8-9-21(20(24)11-17)29-15-18(26)12-23/h4-9,11,18-19,25-27H,1,10,12-15H2,2-3H3/b7-5-,16-6+/t18-,19-/m1/s1. The first kappa shape index (κ1) is 26.1. The first-order valence-electron chi connectivity index (χ1n) is 9.29. The van der Waals surface area contributed by atoms with Crippen LogP contribution in [0.2, 0.25) is 0 Å². The van der Waals surface area contributed by atoms with Gasteiger partial charge in [-0.1, -0.05) is 50.8 Å². The Kier molecular flexibility index (Phi) is 12.1. The molecule has 0 bridgehead atoms. The van der Waals surface area contributed by atoms with E-state index in [0.29, 0.717) is 12.4 Å². The highest BCUT2D eigenvalue weighted by molar-refractivity contribution is 14.1. The van der Waals surface area contributed by atoms with Gasteiger partial charge in [-0.25, -0.2) is 0 Å². The molecule has 0 spiro atoms. The van der Waals surface area contributed by atoms with Crippen molar-refractivity contribution in [3.63, 3.8) is 0 Å². The second kappa shape index (κ2) is 13.4. The fraction of sp³-hybridized carbons (Fsp3) is 0.455. The van der Waals surface area contributed by atoms with E-state index in [9.17, 15) is 10.2 Å². The summed E-state index contributed by atoms with van der Waals surface area (Å²) in [4.78, 5) is 0. The SMILES string of the molecule is C=C/C=C(\C=C/COC[C@H](O)CO)C(C)(C)c1ccc(OC[C@H](O)CCl)c(I)c1. The van der Waals surface area contributed by atoms with E-state index >= 15 is 0 Å². The molecule has 0 saturated heterocycles. The lowest BCUT2D eigenvalue weighted by Gasteiger charge is -2.28. The van der Waals surface area contributed by atoms with E-state index in [1.54, 1.807) is 6.08 Å². The Morgan fingerprint density at radius 3 is 2.59 bits per heavy atom. The summed E-state index contributed by atoms with van der Waals surface area (Å²) < 4.78 is 11.9. The Morgan fingerprint density at radius 1 is 1.28 bits per heavy atom. The summed E-state index contributed by atoms with van der Waals surface area (Å²) in [5, 5.41) is 27.7. The largest absolute Gasteiger partial charge is 0.490 e. The lowest BCUT2D eigenvalue weighted by atomic mass is 9.77. The topological polar surface area (TPSA) is 79.2 Å². The number of hydrogen-bond donors (Lipinski definition) is 3. The van der Waals surface area contributed by atoms with E-state index < -0.39 is 12.2 Å². The normalized spacial score (nSPS) is 14.8. The van der Waals surface area contributed by atoms with Crippen molar-refractivity contribution < 1.29 is 24.8 Å². The Hall–Kier alpha value is -0.900. The fourth-order valence-electron chi connectivity index (χ4n) is 2.50. The predicted molar refractivity (Wildman–Crippen MR) is 126 cm³/mol. The van der Waals surface area contributed by atoms with E-state index in [1.165, 1.54) is 0 Å². The van der Waals surface area contributed by atoms with Crippen LogP contribution in [0.1, 0.15) is 19.4 Å². The number of benzene rings is 1. The highest BCUT2D eigenvalue weighted by Crippen LogP contribution is 2.35. The maximum absolute atomic E-state index is 9.57. The molecule has 29 heavy (non-hydrogen) atoms. The van der Waals surface area contributed by atoms with Gasteiger partial charge in [0.2, 0.25) is 0 Å². The minimum absolute atomic E-state index is 0.0861. The van der Waals surface area contributed by atoms with Crippen LogP contribution in [0.4, 0.5) is 0 Å². The lowest BCUT2D eigenvalue weighted by Crippen LogP contribution is -2.21. The summed E-state index contributed by atoms with van der Waals surface area (Å²) in [5.74, 6) is 0.835. The van der Waals surface area contributed by atoms with Crippen LogP contribution in [0.25, 0.3) is 0 Å². The van der Waals surface area contributed by atoms with Gasteiger partial charge < -0.3 is 24.8 Å². The van der Waals surface area contributed by atoms with Crippen LogP contribution in [0.15, 0.2) is 54.7 Å². The molecule has 3 N–H and O–H groups in total. The molecule has 0 aliphatic rings. The van der Waals surface area contributed by atoms with Crippen molar-refractivity contribution in [3.05, 3.63) is 63.8 Å². The van der Waals surface area contributed by atoms with Crippen molar-refractivity contribution in [1.29, 1.82) is 0 Å². The maximum Gasteiger partial charge on any atom is 0.132 e. The Labute approximate surface area is 191 Å². The average Bonchev–Trinajstić information content (AvgIpc) is 2.71. The van der Waals surface area contributed by atoms with Gasteiger partial charge in [-0.2, -0.15) is 0 Å². The van der Waals surface area contributed by atoms with Crippen LogP contribution in [0, 0.1) is 3.57 Å². The second-order valence-electron chi connectivity index (χ2n) is 7.02. The molecule has 0 amide bonds. The molecule has 0 radical (unpaired) electrons. The zero-order valence-corrected chi connectivity index (χ0v) is 19.8. The van der Waals surface area contributed by atoms with E-state index in [-0.39, 0.29) is 31.1 Å². The number of rotatable bonds is 13. The summed E-state index contributed by atoms with van der Waals surface area (Å²) in [6, 6.07) is 5.96. The first-order chi connectivity index (χ1) is 13.8. The van der Waals surface area contributed by atoms with Crippen molar-refractivity contribution in [2.24, 2.45) is 0 Å². The van der Waals surface area contributed by atoms with Gasteiger partial charge in [0, 0.05) is 5.41 Å². The molecule has 7 heteroatoms. The van der Waals surface area contributed by atoms with Gasteiger partial charge in [-0.05, 0) is 45.9 Å². The molecule has 0 saturated carbocycles. The zero-order valence-electron chi connectivity index (χ0n) is 16.9. The van der Waals surface area contributed by atoms with Crippen LogP contribution in [-0.4, -0.2) is 59.8 Å². The van der Waals surface area contributed by atoms with Gasteiger partial charge in [0.15, 0.2) is 0 Å². The van der Waals surface area contributed by atoms with Gasteiger partial charge in [0.05, 0.1) is 29.3 Å². The Balaban J connectivity index is 2.90. The third-order valence-electron chi connectivity index (χ3n) is 4.31. The fourth-order valence-corrected chi connectivity index (χ4v) is 3.26. The highest BCUT2D eigenvalue weighted by Gasteiger charge is 2.24. The minimum atomic E-state index is -0.864. The van der Waals surface area contributed by atoms with Crippen LogP contribution in [0.5, 0.6) is 5.75 Å². The summed E-state index contributed by atoms with van der Waals surface area (Å²) >= 11 is 7.82.